The molecule has 0 fully saturated rings. The zero-order chi connectivity index (χ0) is 12.0. The minimum absolute atomic E-state index is 0.306. The lowest BCUT2D eigenvalue weighted by molar-refractivity contribution is -0.138. The van der Waals surface area contributed by atoms with E-state index in [1.54, 1.807) is 0 Å². The highest BCUT2D eigenvalue weighted by molar-refractivity contribution is 9.09. The number of carboxylic acid groups (broad SMARTS) is 1. The van der Waals surface area contributed by atoms with Crippen LogP contribution in [0.4, 0.5) is 0 Å². The maximum absolute atomic E-state index is 10.6. The second-order valence-electron chi connectivity index (χ2n) is 3.33. The molecule has 1 rings (SSSR count). The van der Waals surface area contributed by atoms with Crippen LogP contribution in [0.5, 0.6) is 5.75 Å². The molecule has 0 spiro atoms. The Morgan fingerprint density at radius 2 is 2.31 bits per heavy atom. The summed E-state index contributed by atoms with van der Waals surface area (Å²) >= 11 is 3.26. The summed E-state index contributed by atoms with van der Waals surface area (Å²) in [7, 11) is 0. The van der Waals surface area contributed by atoms with Gasteiger partial charge in [0, 0.05) is 5.33 Å². The van der Waals surface area contributed by atoms with Gasteiger partial charge in [-0.2, -0.15) is 0 Å². The Morgan fingerprint density at radius 3 is 2.94 bits per heavy atom. The first kappa shape index (κ1) is 13.0. The van der Waals surface area contributed by atoms with Gasteiger partial charge >= 0.3 is 5.97 Å². The van der Waals surface area contributed by atoms with Crippen LogP contribution >= 0.6 is 15.9 Å². The molecule has 5 heteroatoms. The standard InChI is InChI=1S/C11H14BrNO3/c12-4-5-16-9-3-1-2-8(6-9)7-10(13)11(14)15/h1-3,6,10H,4-5,7,13H2,(H,14,15)/t10-/m0/s1. The molecule has 88 valence electrons. The number of alkyl halides is 1. The smallest absolute Gasteiger partial charge is 0.320 e. The molecular formula is C11H14BrNO3. The second kappa shape index (κ2) is 6.50. The highest BCUT2D eigenvalue weighted by Crippen LogP contribution is 2.14. The van der Waals surface area contributed by atoms with E-state index in [2.05, 4.69) is 15.9 Å². The summed E-state index contributed by atoms with van der Waals surface area (Å²) < 4.78 is 5.40. The largest absolute Gasteiger partial charge is 0.493 e. The average Bonchev–Trinajstić information content (AvgIpc) is 2.26. The highest BCUT2D eigenvalue weighted by atomic mass is 79.9. The zero-order valence-corrected chi connectivity index (χ0v) is 10.3. The van der Waals surface area contributed by atoms with Crippen molar-refractivity contribution >= 4 is 21.9 Å². The van der Waals surface area contributed by atoms with E-state index >= 15 is 0 Å². The third-order valence-electron chi connectivity index (χ3n) is 2.02. The average molecular weight is 288 g/mol. The molecule has 3 N–H and O–H groups in total. The van der Waals surface area contributed by atoms with Crippen molar-refractivity contribution in [1.29, 1.82) is 0 Å². The monoisotopic (exact) mass is 287 g/mol. The van der Waals surface area contributed by atoms with E-state index in [0.717, 1.165) is 16.6 Å². The van der Waals surface area contributed by atoms with Crippen LogP contribution in [-0.2, 0) is 11.2 Å². The van der Waals surface area contributed by atoms with Gasteiger partial charge in [0.15, 0.2) is 0 Å². The lowest BCUT2D eigenvalue weighted by Crippen LogP contribution is -2.32. The van der Waals surface area contributed by atoms with E-state index in [-0.39, 0.29) is 0 Å². The zero-order valence-electron chi connectivity index (χ0n) is 8.73. The summed E-state index contributed by atoms with van der Waals surface area (Å²) in [6, 6.07) is 6.44. The fraction of sp³-hybridized carbons (Fsp3) is 0.364. The van der Waals surface area contributed by atoms with Crippen molar-refractivity contribution in [3.63, 3.8) is 0 Å². The topological polar surface area (TPSA) is 72.5 Å². The third-order valence-corrected chi connectivity index (χ3v) is 2.34. The Bertz CT molecular complexity index is 357. The molecule has 0 radical (unpaired) electrons. The van der Waals surface area contributed by atoms with Crippen LogP contribution in [0.2, 0.25) is 0 Å². The molecule has 4 nitrogen and oxygen atoms in total. The first-order valence-corrected chi connectivity index (χ1v) is 6.01. The molecule has 0 heterocycles. The van der Waals surface area contributed by atoms with Crippen molar-refractivity contribution in [2.75, 3.05) is 11.9 Å². The van der Waals surface area contributed by atoms with Gasteiger partial charge < -0.3 is 15.6 Å². The Kier molecular flexibility index (Phi) is 5.28. The highest BCUT2D eigenvalue weighted by Gasteiger charge is 2.12. The lowest BCUT2D eigenvalue weighted by atomic mass is 10.1. The van der Waals surface area contributed by atoms with Gasteiger partial charge in [-0.3, -0.25) is 4.79 Å². The van der Waals surface area contributed by atoms with Gasteiger partial charge in [0.2, 0.25) is 0 Å². The summed E-state index contributed by atoms with van der Waals surface area (Å²) in [5.74, 6) is -0.263. The first-order valence-electron chi connectivity index (χ1n) is 4.89. The Morgan fingerprint density at radius 1 is 1.56 bits per heavy atom. The molecule has 0 aliphatic carbocycles. The van der Waals surface area contributed by atoms with Crippen molar-refractivity contribution in [3.05, 3.63) is 29.8 Å². The summed E-state index contributed by atoms with van der Waals surface area (Å²) in [5.41, 5.74) is 6.31. The number of ether oxygens (including phenoxy) is 1. The number of aliphatic carboxylic acids is 1. The normalized spacial score (nSPS) is 12.1. The molecule has 1 aromatic carbocycles. The van der Waals surface area contributed by atoms with Gasteiger partial charge in [-0.1, -0.05) is 28.1 Å². The fourth-order valence-electron chi connectivity index (χ4n) is 1.26. The van der Waals surface area contributed by atoms with Crippen molar-refractivity contribution in [1.82, 2.24) is 0 Å². The summed E-state index contributed by atoms with van der Waals surface area (Å²) in [6.45, 7) is 0.578. The summed E-state index contributed by atoms with van der Waals surface area (Å²) in [4.78, 5) is 10.6. The minimum atomic E-state index is -0.994. The Labute approximate surface area is 103 Å². The van der Waals surface area contributed by atoms with Gasteiger partial charge in [0.1, 0.15) is 11.8 Å². The van der Waals surface area contributed by atoms with Crippen LogP contribution in [0.15, 0.2) is 24.3 Å². The molecule has 0 saturated heterocycles. The summed E-state index contributed by atoms with van der Waals surface area (Å²) in [5, 5.41) is 9.45. The van der Waals surface area contributed by atoms with Crippen LogP contribution in [-0.4, -0.2) is 29.1 Å². The van der Waals surface area contributed by atoms with Crippen molar-refractivity contribution in [2.45, 2.75) is 12.5 Å². The van der Waals surface area contributed by atoms with Crippen LogP contribution in [0.1, 0.15) is 5.56 Å². The fourth-order valence-corrected chi connectivity index (χ4v) is 1.42. The number of hydrogen-bond acceptors (Lipinski definition) is 3. The van der Waals surface area contributed by atoms with Crippen LogP contribution in [0.3, 0.4) is 0 Å². The molecule has 0 aromatic heterocycles. The first-order chi connectivity index (χ1) is 7.63. The van der Waals surface area contributed by atoms with E-state index < -0.39 is 12.0 Å². The molecule has 0 saturated carbocycles. The quantitative estimate of drug-likeness (QED) is 0.776. The number of halogens is 1. The van der Waals surface area contributed by atoms with Crippen LogP contribution in [0, 0.1) is 0 Å². The number of hydrogen-bond donors (Lipinski definition) is 2. The molecule has 0 aliphatic rings. The number of carbonyl (C=O) groups is 1. The minimum Gasteiger partial charge on any atom is -0.493 e. The van der Waals surface area contributed by atoms with Crippen molar-refractivity contribution in [2.24, 2.45) is 5.73 Å². The van der Waals surface area contributed by atoms with Crippen LogP contribution in [0.25, 0.3) is 0 Å². The maximum Gasteiger partial charge on any atom is 0.320 e. The van der Waals surface area contributed by atoms with E-state index in [1.165, 1.54) is 0 Å². The molecule has 0 amide bonds. The lowest BCUT2D eigenvalue weighted by Gasteiger charge is -2.09. The Balaban J connectivity index is 2.63. The molecule has 0 bridgehead atoms. The van der Waals surface area contributed by atoms with Crippen molar-refractivity contribution < 1.29 is 14.6 Å². The van der Waals surface area contributed by atoms with Gasteiger partial charge in [-0.25, -0.2) is 0 Å². The third kappa shape index (κ3) is 4.20. The van der Waals surface area contributed by atoms with Gasteiger partial charge in [0.05, 0.1) is 6.61 Å². The molecule has 0 unspecified atom stereocenters. The van der Waals surface area contributed by atoms with Crippen LogP contribution < -0.4 is 10.5 Å². The Hall–Kier alpha value is -1.07. The van der Waals surface area contributed by atoms with E-state index in [1.807, 2.05) is 24.3 Å². The van der Waals surface area contributed by atoms with Gasteiger partial charge in [-0.05, 0) is 24.1 Å². The molecule has 1 aromatic rings. The van der Waals surface area contributed by atoms with E-state index in [0.29, 0.717) is 13.0 Å². The van der Waals surface area contributed by atoms with E-state index in [9.17, 15) is 4.79 Å². The van der Waals surface area contributed by atoms with Gasteiger partial charge in [0.25, 0.3) is 0 Å². The molecule has 1 atom stereocenters. The predicted octanol–water partition coefficient (Wildman–Crippen LogP) is 1.41. The molecular weight excluding hydrogens is 274 g/mol. The van der Waals surface area contributed by atoms with Crippen molar-refractivity contribution in [3.8, 4) is 5.75 Å². The second-order valence-corrected chi connectivity index (χ2v) is 4.13. The molecule has 0 aliphatic heterocycles. The predicted molar refractivity (Wildman–Crippen MR) is 65.0 cm³/mol. The number of nitrogens with two attached hydrogens (primary N) is 1. The number of carboxylic acids is 1. The van der Waals surface area contributed by atoms with E-state index in [4.69, 9.17) is 15.6 Å². The number of benzene rings is 1. The molecule has 16 heavy (non-hydrogen) atoms. The summed E-state index contributed by atoms with van der Waals surface area (Å²) in [6.07, 6.45) is 0.306. The van der Waals surface area contributed by atoms with Gasteiger partial charge in [-0.15, -0.1) is 0 Å². The maximum atomic E-state index is 10.6. The number of rotatable bonds is 6. The SMILES string of the molecule is N[C@@H](Cc1cccc(OCCBr)c1)C(=O)O.